The third-order valence-electron chi connectivity index (χ3n) is 3.52. The van der Waals surface area contributed by atoms with Crippen molar-refractivity contribution >= 4 is 17.5 Å². The molecule has 0 unspecified atom stereocenters. The van der Waals surface area contributed by atoms with E-state index in [4.69, 9.17) is 11.6 Å². The Labute approximate surface area is 111 Å². The lowest BCUT2D eigenvalue weighted by Gasteiger charge is -2.30. The van der Waals surface area contributed by atoms with Crippen LogP contribution in [-0.4, -0.2) is 17.3 Å². The highest BCUT2D eigenvalue weighted by atomic mass is 35.5. The molecule has 0 saturated heterocycles. The van der Waals surface area contributed by atoms with Crippen LogP contribution in [0.1, 0.15) is 72.1 Å². The van der Waals surface area contributed by atoms with E-state index < -0.39 is 0 Å². The fourth-order valence-electron chi connectivity index (χ4n) is 1.90. The molecular weight excluding hydrogens is 234 g/mol. The molecule has 0 fully saturated rings. The topological polar surface area (TPSA) is 29.1 Å². The van der Waals surface area contributed by atoms with E-state index in [-0.39, 0.29) is 11.4 Å². The highest BCUT2D eigenvalue weighted by Crippen LogP contribution is 2.17. The van der Waals surface area contributed by atoms with Gasteiger partial charge in [-0.15, -0.1) is 11.6 Å². The molecule has 0 aromatic carbocycles. The van der Waals surface area contributed by atoms with Crippen LogP contribution in [0.5, 0.6) is 0 Å². The van der Waals surface area contributed by atoms with Crippen LogP contribution in [0.3, 0.4) is 0 Å². The van der Waals surface area contributed by atoms with Crippen molar-refractivity contribution in [2.75, 3.05) is 5.88 Å². The molecule has 0 bridgehead atoms. The minimum atomic E-state index is -0.192. The Bertz CT molecular complexity index is 194. The smallest absolute Gasteiger partial charge is 0.220 e. The van der Waals surface area contributed by atoms with Gasteiger partial charge in [0.2, 0.25) is 5.91 Å². The van der Waals surface area contributed by atoms with Gasteiger partial charge in [0, 0.05) is 12.3 Å². The van der Waals surface area contributed by atoms with Gasteiger partial charge in [-0.05, 0) is 19.3 Å². The molecule has 0 aliphatic carbocycles. The molecule has 0 aromatic heterocycles. The third kappa shape index (κ3) is 6.92. The maximum atomic E-state index is 11.8. The van der Waals surface area contributed by atoms with E-state index in [0.717, 1.165) is 25.7 Å². The molecule has 0 atom stereocenters. The van der Waals surface area contributed by atoms with Crippen molar-refractivity contribution in [1.82, 2.24) is 5.32 Å². The lowest BCUT2D eigenvalue weighted by Crippen LogP contribution is -2.49. The van der Waals surface area contributed by atoms with Crippen molar-refractivity contribution in [2.24, 2.45) is 0 Å². The molecule has 0 spiro atoms. The number of alkyl halides is 1. The second kappa shape index (κ2) is 9.76. The van der Waals surface area contributed by atoms with E-state index in [0.29, 0.717) is 12.3 Å². The highest BCUT2D eigenvalue weighted by Gasteiger charge is 2.26. The minimum absolute atomic E-state index is 0.158. The van der Waals surface area contributed by atoms with E-state index in [2.05, 4.69) is 26.1 Å². The maximum Gasteiger partial charge on any atom is 0.220 e. The fourth-order valence-corrected chi connectivity index (χ4v) is 2.34. The van der Waals surface area contributed by atoms with Gasteiger partial charge in [-0.3, -0.25) is 4.79 Å². The predicted molar refractivity (Wildman–Crippen MR) is 75.6 cm³/mol. The summed E-state index contributed by atoms with van der Waals surface area (Å²) in [4.78, 5) is 11.8. The van der Waals surface area contributed by atoms with Crippen molar-refractivity contribution in [3.8, 4) is 0 Å². The first kappa shape index (κ1) is 16.8. The fraction of sp³-hybridized carbons (Fsp3) is 0.929. The molecule has 0 aliphatic rings. The Morgan fingerprint density at radius 3 is 2.12 bits per heavy atom. The van der Waals surface area contributed by atoms with Crippen LogP contribution >= 0.6 is 11.6 Å². The molecule has 1 amide bonds. The number of rotatable bonds is 10. The molecule has 0 heterocycles. The Kier molecular flexibility index (Phi) is 9.62. The number of carbonyl (C=O) groups excluding carboxylic acids is 1. The van der Waals surface area contributed by atoms with Gasteiger partial charge in [0.05, 0.1) is 5.54 Å². The first-order valence-electron chi connectivity index (χ1n) is 7.01. The van der Waals surface area contributed by atoms with Crippen LogP contribution in [0.4, 0.5) is 0 Å². The average Bonchev–Trinajstić information content (AvgIpc) is 2.36. The van der Waals surface area contributed by atoms with Crippen LogP contribution in [0.15, 0.2) is 0 Å². The molecule has 2 nitrogen and oxygen atoms in total. The molecule has 0 aromatic rings. The molecule has 1 N–H and O–H groups in total. The van der Waals surface area contributed by atoms with E-state index in [9.17, 15) is 4.79 Å². The lowest BCUT2D eigenvalue weighted by molar-refractivity contribution is -0.123. The summed E-state index contributed by atoms with van der Waals surface area (Å²) >= 11 is 5.96. The summed E-state index contributed by atoms with van der Waals surface area (Å²) in [6.45, 7) is 6.35. The zero-order valence-corrected chi connectivity index (χ0v) is 12.4. The van der Waals surface area contributed by atoms with Gasteiger partial charge in [0.15, 0.2) is 0 Å². The Hall–Kier alpha value is -0.240. The summed E-state index contributed by atoms with van der Waals surface area (Å²) in [5.74, 6) is 0.660. The SMILES string of the molecule is CCCCCCCC(=O)NC(CC)(CC)CCl. The monoisotopic (exact) mass is 261 g/mol. The van der Waals surface area contributed by atoms with E-state index in [1.165, 1.54) is 19.3 Å². The minimum Gasteiger partial charge on any atom is -0.349 e. The van der Waals surface area contributed by atoms with Gasteiger partial charge >= 0.3 is 0 Å². The summed E-state index contributed by atoms with van der Waals surface area (Å²) in [7, 11) is 0. The van der Waals surface area contributed by atoms with Crippen LogP contribution in [-0.2, 0) is 4.79 Å². The van der Waals surface area contributed by atoms with E-state index in [1.807, 2.05) is 0 Å². The molecule has 0 saturated carbocycles. The first-order chi connectivity index (χ1) is 8.14. The second-order valence-electron chi connectivity index (χ2n) is 4.83. The first-order valence-corrected chi connectivity index (χ1v) is 7.54. The largest absolute Gasteiger partial charge is 0.349 e. The standard InChI is InChI=1S/C14H28ClNO/c1-4-7-8-9-10-11-13(17)16-14(5-2,6-3)12-15/h4-12H2,1-3H3,(H,16,17). The van der Waals surface area contributed by atoms with Gasteiger partial charge in [-0.2, -0.15) is 0 Å². The van der Waals surface area contributed by atoms with Crippen LogP contribution in [0.2, 0.25) is 0 Å². The summed E-state index contributed by atoms with van der Waals surface area (Å²) in [6.07, 6.45) is 8.35. The summed E-state index contributed by atoms with van der Waals surface area (Å²) in [5.41, 5.74) is -0.192. The molecule has 0 radical (unpaired) electrons. The van der Waals surface area contributed by atoms with Crippen molar-refractivity contribution in [1.29, 1.82) is 0 Å². The number of halogens is 1. The van der Waals surface area contributed by atoms with Gasteiger partial charge in [0.25, 0.3) is 0 Å². The Balaban J connectivity index is 3.83. The molecule has 0 rings (SSSR count). The number of hydrogen-bond donors (Lipinski definition) is 1. The van der Waals surface area contributed by atoms with Crippen molar-refractivity contribution < 1.29 is 4.79 Å². The zero-order valence-electron chi connectivity index (χ0n) is 11.7. The molecule has 3 heteroatoms. The highest BCUT2D eigenvalue weighted by molar-refractivity contribution is 6.18. The van der Waals surface area contributed by atoms with Gasteiger partial charge < -0.3 is 5.32 Å². The van der Waals surface area contributed by atoms with Crippen molar-refractivity contribution in [3.63, 3.8) is 0 Å². The van der Waals surface area contributed by atoms with Crippen LogP contribution in [0, 0.1) is 0 Å². The quantitative estimate of drug-likeness (QED) is 0.462. The number of unbranched alkanes of at least 4 members (excludes halogenated alkanes) is 4. The van der Waals surface area contributed by atoms with E-state index >= 15 is 0 Å². The molecular formula is C14H28ClNO. The van der Waals surface area contributed by atoms with Crippen LogP contribution in [0.25, 0.3) is 0 Å². The maximum absolute atomic E-state index is 11.8. The van der Waals surface area contributed by atoms with Crippen LogP contribution < -0.4 is 5.32 Å². The molecule has 17 heavy (non-hydrogen) atoms. The average molecular weight is 262 g/mol. The number of nitrogens with one attached hydrogen (secondary N) is 1. The third-order valence-corrected chi connectivity index (χ3v) is 4.03. The predicted octanol–water partition coefficient (Wildman–Crippen LogP) is 4.26. The normalized spacial score (nSPS) is 11.5. The Morgan fingerprint density at radius 1 is 1.06 bits per heavy atom. The lowest BCUT2D eigenvalue weighted by atomic mass is 9.95. The zero-order chi connectivity index (χ0) is 13.1. The summed E-state index contributed by atoms with van der Waals surface area (Å²) in [6, 6.07) is 0. The van der Waals surface area contributed by atoms with Gasteiger partial charge in [0.1, 0.15) is 0 Å². The second-order valence-corrected chi connectivity index (χ2v) is 5.10. The Morgan fingerprint density at radius 2 is 1.65 bits per heavy atom. The van der Waals surface area contributed by atoms with Crippen molar-refractivity contribution in [3.05, 3.63) is 0 Å². The number of hydrogen-bond acceptors (Lipinski definition) is 1. The van der Waals surface area contributed by atoms with Gasteiger partial charge in [-0.25, -0.2) is 0 Å². The molecule has 0 aliphatic heterocycles. The number of amides is 1. The van der Waals surface area contributed by atoms with Crippen molar-refractivity contribution in [2.45, 2.75) is 77.7 Å². The van der Waals surface area contributed by atoms with Gasteiger partial charge in [-0.1, -0.05) is 46.5 Å². The van der Waals surface area contributed by atoms with E-state index in [1.54, 1.807) is 0 Å². The number of carbonyl (C=O) groups is 1. The summed E-state index contributed by atoms with van der Waals surface area (Å²) < 4.78 is 0. The summed E-state index contributed by atoms with van der Waals surface area (Å²) in [5, 5.41) is 3.10. The molecule has 102 valence electrons.